The fourth-order valence-corrected chi connectivity index (χ4v) is 5.35. The normalized spacial score (nSPS) is 12.2. The van der Waals surface area contributed by atoms with Crippen LogP contribution >= 0.6 is 0 Å². The lowest BCUT2D eigenvalue weighted by atomic mass is 9.92. The molecular formula is C35H34N6O3. The average molecular weight is 587 g/mol. The molecule has 44 heavy (non-hydrogen) atoms. The number of urea groups is 1. The highest BCUT2D eigenvalue weighted by atomic mass is 16.5. The van der Waals surface area contributed by atoms with Crippen molar-refractivity contribution in [1.82, 2.24) is 9.78 Å². The second-order valence-electron chi connectivity index (χ2n) is 11.8. The summed E-state index contributed by atoms with van der Waals surface area (Å²) in [5.41, 5.74) is 13.3. The van der Waals surface area contributed by atoms with E-state index in [2.05, 4.69) is 40.2 Å². The number of nitrogen functional groups attached to an aromatic ring is 1. The maximum absolute atomic E-state index is 13.0. The van der Waals surface area contributed by atoms with Gasteiger partial charge in [-0.2, -0.15) is 5.10 Å². The van der Waals surface area contributed by atoms with Gasteiger partial charge < -0.3 is 15.8 Å². The second kappa shape index (κ2) is 11.6. The van der Waals surface area contributed by atoms with Crippen molar-refractivity contribution in [2.24, 2.45) is 0 Å². The van der Waals surface area contributed by atoms with Gasteiger partial charge in [0.1, 0.15) is 12.4 Å². The van der Waals surface area contributed by atoms with Gasteiger partial charge >= 0.3 is 12.1 Å². The lowest BCUT2D eigenvalue weighted by Crippen LogP contribution is -2.21. The van der Waals surface area contributed by atoms with Gasteiger partial charge in [0.15, 0.2) is 0 Å². The number of rotatable bonds is 6. The maximum Gasteiger partial charge on any atom is 0.411 e. The van der Waals surface area contributed by atoms with E-state index in [4.69, 9.17) is 15.6 Å². The highest BCUT2D eigenvalue weighted by Gasteiger charge is 2.29. The van der Waals surface area contributed by atoms with E-state index in [-0.39, 0.29) is 17.9 Å². The summed E-state index contributed by atoms with van der Waals surface area (Å²) < 4.78 is 7.38. The van der Waals surface area contributed by atoms with Gasteiger partial charge in [0.25, 0.3) is 0 Å². The molecule has 1 aliphatic rings. The first kappa shape index (κ1) is 28.5. The molecule has 0 saturated carbocycles. The summed E-state index contributed by atoms with van der Waals surface area (Å²) in [6.45, 7) is 6.36. The molecule has 0 saturated heterocycles. The number of hydrogen-bond acceptors (Lipinski definition) is 5. The Kier molecular flexibility index (Phi) is 7.53. The predicted octanol–water partition coefficient (Wildman–Crippen LogP) is 7.76. The minimum atomic E-state index is -0.555. The lowest BCUT2D eigenvalue weighted by molar-refractivity contribution is 0.158. The molecule has 0 aliphatic heterocycles. The highest BCUT2D eigenvalue weighted by molar-refractivity contribution is 5.99. The molecule has 0 atom stereocenters. The zero-order chi connectivity index (χ0) is 30.8. The Morgan fingerprint density at radius 3 is 2.11 bits per heavy atom. The van der Waals surface area contributed by atoms with Crippen molar-refractivity contribution in [3.63, 3.8) is 0 Å². The van der Waals surface area contributed by atoms with Gasteiger partial charge in [0.2, 0.25) is 0 Å². The number of aromatic nitrogens is 2. The van der Waals surface area contributed by atoms with Crippen LogP contribution in [0.3, 0.4) is 0 Å². The third kappa shape index (κ3) is 5.98. The van der Waals surface area contributed by atoms with Gasteiger partial charge in [-0.25, -0.2) is 14.3 Å². The van der Waals surface area contributed by atoms with E-state index in [1.165, 1.54) is 11.1 Å². The van der Waals surface area contributed by atoms with E-state index in [9.17, 15) is 9.59 Å². The first-order valence-corrected chi connectivity index (χ1v) is 14.4. The van der Waals surface area contributed by atoms with Crippen LogP contribution in [0, 0.1) is 0 Å². The van der Waals surface area contributed by atoms with E-state index >= 15 is 0 Å². The molecule has 9 nitrogen and oxygen atoms in total. The number of nitrogens with two attached hydrogens (primary N) is 1. The molecule has 0 unspecified atom stereocenters. The van der Waals surface area contributed by atoms with Crippen molar-refractivity contribution < 1.29 is 14.3 Å². The number of nitrogens with one attached hydrogen (secondary N) is 3. The fourth-order valence-electron chi connectivity index (χ4n) is 5.35. The van der Waals surface area contributed by atoms with Crippen molar-refractivity contribution in [3.8, 4) is 16.8 Å². The number of amides is 3. The van der Waals surface area contributed by atoms with Crippen molar-refractivity contribution in [2.75, 3.05) is 28.3 Å². The summed E-state index contributed by atoms with van der Waals surface area (Å²) >= 11 is 0. The zero-order valence-electron chi connectivity index (χ0n) is 24.8. The average Bonchev–Trinajstić information content (AvgIpc) is 3.57. The molecule has 4 aromatic carbocycles. The fraction of sp³-hybridized carbons (Fsp3) is 0.171. The van der Waals surface area contributed by atoms with Crippen LogP contribution in [0.15, 0.2) is 103 Å². The van der Waals surface area contributed by atoms with Crippen molar-refractivity contribution in [2.45, 2.75) is 32.1 Å². The number of carbonyl (C=O) groups excluding carboxylic acids is 2. The Bertz CT molecular complexity index is 1790. The Labute approximate surface area is 256 Å². The molecule has 1 aromatic heterocycles. The van der Waals surface area contributed by atoms with Crippen LogP contribution in [-0.2, 0) is 10.2 Å². The van der Waals surface area contributed by atoms with Crippen molar-refractivity contribution >= 4 is 35.0 Å². The Balaban J connectivity index is 1.17. The summed E-state index contributed by atoms with van der Waals surface area (Å²) in [5, 5.41) is 13.3. The molecule has 0 bridgehead atoms. The largest absolute Gasteiger partial charge is 0.448 e. The van der Waals surface area contributed by atoms with Crippen molar-refractivity contribution in [3.05, 3.63) is 120 Å². The van der Waals surface area contributed by atoms with E-state index < -0.39 is 12.1 Å². The molecule has 5 N–H and O–H groups in total. The number of nitrogens with zero attached hydrogens (tertiary/aromatic N) is 2. The first-order chi connectivity index (χ1) is 21.2. The van der Waals surface area contributed by atoms with Gasteiger partial charge in [-0.05, 0) is 64.7 Å². The zero-order valence-corrected chi connectivity index (χ0v) is 24.8. The third-order valence-electron chi connectivity index (χ3n) is 7.57. The predicted molar refractivity (Wildman–Crippen MR) is 174 cm³/mol. The molecule has 9 heteroatoms. The van der Waals surface area contributed by atoms with Gasteiger partial charge in [-0.3, -0.25) is 10.6 Å². The molecule has 0 spiro atoms. The SMILES string of the molecule is CC(C)(C)c1cc(NC(=O)Nc2ccc(N)cc2)n(-c2cccc(NC(=O)OCC3c4ccccc4-c4ccccc43)c2)n1. The summed E-state index contributed by atoms with van der Waals surface area (Å²) in [4.78, 5) is 25.8. The molecule has 1 aliphatic carbocycles. The van der Waals surface area contributed by atoms with E-state index in [0.29, 0.717) is 28.6 Å². The van der Waals surface area contributed by atoms with Crippen LogP contribution in [0.1, 0.15) is 43.5 Å². The van der Waals surface area contributed by atoms with Crippen LogP contribution in [0.2, 0.25) is 0 Å². The number of fused-ring (bicyclic) bond motifs is 3. The highest BCUT2D eigenvalue weighted by Crippen LogP contribution is 2.44. The summed E-state index contributed by atoms with van der Waals surface area (Å²) in [6.07, 6.45) is -0.555. The summed E-state index contributed by atoms with van der Waals surface area (Å²) in [5.74, 6) is 0.438. The topological polar surface area (TPSA) is 123 Å². The Hall–Kier alpha value is -5.57. The molecular weight excluding hydrogens is 552 g/mol. The Morgan fingerprint density at radius 2 is 1.45 bits per heavy atom. The minimum Gasteiger partial charge on any atom is -0.448 e. The number of anilines is 4. The van der Waals surface area contributed by atoms with Crippen molar-refractivity contribution in [1.29, 1.82) is 0 Å². The van der Waals surface area contributed by atoms with Crippen LogP contribution in [0.25, 0.3) is 16.8 Å². The van der Waals surface area contributed by atoms with Crippen LogP contribution in [-0.4, -0.2) is 28.5 Å². The number of carbonyl (C=O) groups is 2. The van der Waals surface area contributed by atoms with Gasteiger partial charge in [-0.1, -0.05) is 75.4 Å². The minimum absolute atomic E-state index is 0.0348. The van der Waals surface area contributed by atoms with Crippen LogP contribution < -0.4 is 21.7 Å². The van der Waals surface area contributed by atoms with E-state index in [1.54, 1.807) is 41.1 Å². The molecule has 0 fully saturated rings. The quantitative estimate of drug-likeness (QED) is 0.151. The molecule has 6 rings (SSSR count). The molecule has 222 valence electrons. The van der Waals surface area contributed by atoms with E-state index in [1.807, 2.05) is 63.2 Å². The summed E-state index contributed by atoms with van der Waals surface area (Å²) in [7, 11) is 0. The van der Waals surface area contributed by atoms with E-state index in [0.717, 1.165) is 16.8 Å². The van der Waals surface area contributed by atoms with Crippen LogP contribution in [0.4, 0.5) is 32.5 Å². The molecule has 1 heterocycles. The summed E-state index contributed by atoms with van der Waals surface area (Å²) in [6, 6.07) is 32.0. The standard InChI is InChI=1S/C35H34N6O3/c1-35(2,3)31-20-32(39-33(42)37-23-17-15-22(36)16-18-23)41(40-31)25-10-8-9-24(19-25)38-34(43)44-21-30-28-13-6-4-11-26(28)27-12-5-7-14-29(27)30/h4-20,30H,21,36H2,1-3H3,(H,38,43)(H2,37,39,42). The maximum atomic E-state index is 13.0. The third-order valence-corrected chi connectivity index (χ3v) is 7.57. The van der Waals surface area contributed by atoms with Gasteiger partial charge in [0, 0.05) is 34.5 Å². The van der Waals surface area contributed by atoms with Gasteiger partial charge in [-0.15, -0.1) is 0 Å². The number of hydrogen-bond donors (Lipinski definition) is 4. The first-order valence-electron chi connectivity index (χ1n) is 14.4. The van der Waals surface area contributed by atoms with Gasteiger partial charge in [0.05, 0.1) is 11.4 Å². The second-order valence-corrected chi connectivity index (χ2v) is 11.8. The molecule has 3 amide bonds. The van der Waals surface area contributed by atoms with Crippen LogP contribution in [0.5, 0.6) is 0 Å². The molecule has 0 radical (unpaired) electrons. The number of benzene rings is 4. The lowest BCUT2D eigenvalue weighted by Gasteiger charge is -2.15. The molecule has 5 aromatic rings. The smallest absolute Gasteiger partial charge is 0.411 e. The monoisotopic (exact) mass is 586 g/mol. The number of ether oxygens (including phenoxy) is 1. The Morgan fingerprint density at radius 1 is 0.795 bits per heavy atom.